The van der Waals surface area contributed by atoms with Crippen LogP contribution in [0.15, 0.2) is 18.3 Å². The first-order valence-corrected chi connectivity index (χ1v) is 9.52. The zero-order valence-electron chi connectivity index (χ0n) is 15.7. The Hall–Kier alpha value is -2.45. The van der Waals surface area contributed by atoms with Gasteiger partial charge < -0.3 is 14.4 Å². The molecule has 0 aromatic carbocycles. The van der Waals surface area contributed by atoms with Crippen LogP contribution in [-0.2, 0) is 16.5 Å². The molecular formula is C19H24N6O2. The Kier molecular flexibility index (Phi) is 4.09. The number of ether oxygens (including phenoxy) is 2. The smallest absolute Gasteiger partial charge is 0.136 e. The van der Waals surface area contributed by atoms with Crippen LogP contribution in [0.25, 0.3) is 22.4 Å². The highest BCUT2D eigenvalue weighted by Crippen LogP contribution is 2.37. The number of nitrogens with zero attached hydrogens (tertiary/aromatic N) is 5. The van der Waals surface area contributed by atoms with E-state index in [0.717, 1.165) is 67.6 Å². The third-order valence-electron chi connectivity index (χ3n) is 5.59. The number of morpholine rings is 1. The van der Waals surface area contributed by atoms with E-state index in [9.17, 15) is 0 Å². The molecule has 0 aliphatic carbocycles. The predicted molar refractivity (Wildman–Crippen MR) is 102 cm³/mol. The SMILES string of the molecule is C[C@@H]1COCCN1c1cc([C@H]2CCOC2)c2c(n1)c(-c1ccn[nH]1)nn2C. The van der Waals surface area contributed by atoms with Gasteiger partial charge in [0.05, 0.1) is 37.1 Å². The summed E-state index contributed by atoms with van der Waals surface area (Å²) in [7, 11) is 1.99. The number of anilines is 1. The van der Waals surface area contributed by atoms with E-state index in [0.29, 0.717) is 12.0 Å². The Balaban J connectivity index is 1.73. The highest BCUT2D eigenvalue weighted by atomic mass is 16.5. The number of rotatable bonds is 3. The lowest BCUT2D eigenvalue weighted by Gasteiger charge is -2.34. The molecule has 5 rings (SSSR count). The summed E-state index contributed by atoms with van der Waals surface area (Å²) in [5.74, 6) is 1.37. The summed E-state index contributed by atoms with van der Waals surface area (Å²) in [4.78, 5) is 7.40. The zero-order valence-corrected chi connectivity index (χ0v) is 15.7. The zero-order chi connectivity index (χ0) is 18.4. The standard InChI is InChI=1S/C19H24N6O2/c1-12-10-27-8-6-25(12)16-9-14(13-4-7-26-11-13)19-18(21-16)17(23-24(19)2)15-3-5-20-22-15/h3,5,9,12-13H,4,6-8,10-11H2,1-2H3,(H,20,22)/t12-,13+/m1/s1. The molecule has 2 atom stereocenters. The molecule has 2 aliphatic rings. The Bertz CT molecular complexity index is 945. The van der Waals surface area contributed by atoms with Crippen LogP contribution in [0.2, 0.25) is 0 Å². The van der Waals surface area contributed by atoms with E-state index in [1.165, 1.54) is 5.56 Å². The van der Waals surface area contributed by atoms with Crippen LogP contribution in [0.1, 0.15) is 24.8 Å². The van der Waals surface area contributed by atoms with Crippen molar-refractivity contribution >= 4 is 16.9 Å². The summed E-state index contributed by atoms with van der Waals surface area (Å²) >= 11 is 0. The van der Waals surface area contributed by atoms with Crippen molar-refractivity contribution in [2.24, 2.45) is 7.05 Å². The van der Waals surface area contributed by atoms with Gasteiger partial charge in [-0.3, -0.25) is 9.78 Å². The predicted octanol–water partition coefficient (Wildman–Crippen LogP) is 2.09. The number of H-pyrrole nitrogens is 1. The van der Waals surface area contributed by atoms with Crippen LogP contribution in [0.5, 0.6) is 0 Å². The summed E-state index contributed by atoms with van der Waals surface area (Å²) in [5, 5.41) is 11.9. The number of aryl methyl sites for hydroxylation is 1. The van der Waals surface area contributed by atoms with Gasteiger partial charge in [-0.05, 0) is 31.0 Å². The van der Waals surface area contributed by atoms with E-state index in [2.05, 4.69) is 28.1 Å². The summed E-state index contributed by atoms with van der Waals surface area (Å²) in [6.07, 6.45) is 2.78. The third-order valence-corrected chi connectivity index (χ3v) is 5.59. The second-order valence-electron chi connectivity index (χ2n) is 7.39. The molecule has 2 aliphatic heterocycles. The van der Waals surface area contributed by atoms with Gasteiger partial charge in [0.1, 0.15) is 17.0 Å². The summed E-state index contributed by atoms with van der Waals surface area (Å²) in [6.45, 7) is 6.04. The molecule has 0 unspecified atom stereocenters. The average molecular weight is 368 g/mol. The second-order valence-corrected chi connectivity index (χ2v) is 7.39. The second kappa shape index (κ2) is 6.61. The molecular weight excluding hydrogens is 344 g/mol. The maximum atomic E-state index is 5.69. The van der Waals surface area contributed by atoms with Crippen LogP contribution in [0.3, 0.4) is 0 Å². The van der Waals surface area contributed by atoms with Crippen molar-refractivity contribution < 1.29 is 9.47 Å². The minimum Gasteiger partial charge on any atom is -0.381 e. The lowest BCUT2D eigenvalue weighted by atomic mass is 9.97. The van der Waals surface area contributed by atoms with Crippen LogP contribution >= 0.6 is 0 Å². The topological polar surface area (TPSA) is 81.1 Å². The van der Waals surface area contributed by atoms with Gasteiger partial charge in [-0.1, -0.05) is 0 Å². The fourth-order valence-corrected chi connectivity index (χ4v) is 4.17. The number of nitrogens with one attached hydrogen (secondary N) is 1. The molecule has 2 fully saturated rings. The van der Waals surface area contributed by atoms with Gasteiger partial charge in [-0.15, -0.1) is 0 Å². The van der Waals surface area contributed by atoms with Crippen molar-refractivity contribution in [2.75, 3.05) is 37.9 Å². The van der Waals surface area contributed by atoms with Crippen molar-refractivity contribution in [3.05, 3.63) is 23.9 Å². The molecule has 2 saturated heterocycles. The van der Waals surface area contributed by atoms with Gasteiger partial charge in [0.15, 0.2) is 0 Å². The molecule has 27 heavy (non-hydrogen) atoms. The molecule has 142 valence electrons. The minimum absolute atomic E-state index is 0.295. The number of hydrogen-bond acceptors (Lipinski definition) is 6. The summed E-state index contributed by atoms with van der Waals surface area (Å²) in [5.41, 5.74) is 4.99. The Morgan fingerprint density at radius 1 is 1.22 bits per heavy atom. The normalized spacial score (nSPS) is 23.4. The van der Waals surface area contributed by atoms with Gasteiger partial charge in [0.2, 0.25) is 0 Å². The molecule has 8 heteroatoms. The van der Waals surface area contributed by atoms with Crippen LogP contribution in [0.4, 0.5) is 5.82 Å². The number of aromatic amines is 1. The minimum atomic E-state index is 0.295. The van der Waals surface area contributed by atoms with Crippen LogP contribution in [-0.4, -0.2) is 64.0 Å². The lowest BCUT2D eigenvalue weighted by molar-refractivity contribution is 0.0985. The molecule has 5 heterocycles. The third kappa shape index (κ3) is 2.80. The van der Waals surface area contributed by atoms with E-state index in [1.807, 2.05) is 17.8 Å². The Labute approximate surface area is 157 Å². The number of aromatic nitrogens is 5. The van der Waals surface area contributed by atoms with Gasteiger partial charge >= 0.3 is 0 Å². The number of fused-ring (bicyclic) bond motifs is 1. The number of pyridine rings is 1. The molecule has 3 aromatic heterocycles. The molecule has 3 aromatic rings. The molecule has 0 radical (unpaired) electrons. The molecule has 1 N–H and O–H groups in total. The first-order chi connectivity index (χ1) is 13.2. The van der Waals surface area contributed by atoms with Crippen molar-refractivity contribution in [1.82, 2.24) is 25.0 Å². The maximum Gasteiger partial charge on any atom is 0.136 e. The fourth-order valence-electron chi connectivity index (χ4n) is 4.17. The quantitative estimate of drug-likeness (QED) is 0.762. The monoisotopic (exact) mass is 368 g/mol. The van der Waals surface area contributed by atoms with E-state index < -0.39 is 0 Å². The van der Waals surface area contributed by atoms with E-state index in [-0.39, 0.29) is 0 Å². The maximum absolute atomic E-state index is 5.69. The molecule has 0 spiro atoms. The van der Waals surface area contributed by atoms with Crippen LogP contribution in [0, 0.1) is 0 Å². The summed E-state index contributed by atoms with van der Waals surface area (Å²) in [6, 6.07) is 4.47. The fraction of sp³-hybridized carbons (Fsp3) is 0.526. The average Bonchev–Trinajstić information content (AvgIpc) is 3.43. The molecule has 0 bridgehead atoms. The van der Waals surface area contributed by atoms with Crippen molar-refractivity contribution in [3.63, 3.8) is 0 Å². The van der Waals surface area contributed by atoms with Crippen molar-refractivity contribution in [3.8, 4) is 11.4 Å². The van der Waals surface area contributed by atoms with Gasteiger partial charge in [-0.2, -0.15) is 10.2 Å². The van der Waals surface area contributed by atoms with E-state index in [4.69, 9.17) is 19.6 Å². The van der Waals surface area contributed by atoms with Gasteiger partial charge in [0, 0.05) is 32.3 Å². The van der Waals surface area contributed by atoms with Gasteiger partial charge in [0.25, 0.3) is 0 Å². The van der Waals surface area contributed by atoms with Crippen LogP contribution < -0.4 is 4.90 Å². The molecule has 0 amide bonds. The van der Waals surface area contributed by atoms with Crippen molar-refractivity contribution in [1.29, 1.82) is 0 Å². The number of hydrogen-bond donors (Lipinski definition) is 1. The highest BCUT2D eigenvalue weighted by molar-refractivity contribution is 5.92. The first-order valence-electron chi connectivity index (χ1n) is 9.52. The van der Waals surface area contributed by atoms with Gasteiger partial charge in [-0.25, -0.2) is 4.98 Å². The highest BCUT2D eigenvalue weighted by Gasteiger charge is 2.28. The first kappa shape index (κ1) is 16.7. The van der Waals surface area contributed by atoms with E-state index >= 15 is 0 Å². The molecule has 8 nitrogen and oxygen atoms in total. The Morgan fingerprint density at radius 3 is 2.85 bits per heavy atom. The Morgan fingerprint density at radius 2 is 2.11 bits per heavy atom. The van der Waals surface area contributed by atoms with Crippen molar-refractivity contribution in [2.45, 2.75) is 25.3 Å². The lowest BCUT2D eigenvalue weighted by Crippen LogP contribution is -2.44. The van der Waals surface area contributed by atoms with E-state index in [1.54, 1.807) is 6.20 Å². The largest absolute Gasteiger partial charge is 0.381 e. The summed E-state index contributed by atoms with van der Waals surface area (Å²) < 4.78 is 13.2. The molecule has 0 saturated carbocycles.